The molecule has 1 atom stereocenters. The molecule has 1 aliphatic carbocycles. The molecule has 0 spiro atoms. The maximum Gasteiger partial charge on any atom is 0.134 e. The van der Waals surface area contributed by atoms with E-state index in [1.807, 2.05) is 0 Å². The Kier molecular flexibility index (Phi) is 3.55. The van der Waals surface area contributed by atoms with E-state index in [0.29, 0.717) is 6.04 Å². The minimum atomic E-state index is 0.275. The van der Waals surface area contributed by atoms with Crippen molar-refractivity contribution < 1.29 is 0 Å². The van der Waals surface area contributed by atoms with E-state index >= 15 is 0 Å². The molecule has 0 amide bonds. The van der Waals surface area contributed by atoms with Crippen LogP contribution in [-0.2, 0) is 0 Å². The molecule has 1 aromatic rings. The van der Waals surface area contributed by atoms with Crippen LogP contribution in [0.25, 0.3) is 0 Å². The molecule has 5 nitrogen and oxygen atoms in total. The molecule has 2 aliphatic rings. The molecule has 19 heavy (non-hydrogen) atoms. The summed E-state index contributed by atoms with van der Waals surface area (Å²) in [6, 6.07) is 3.04. The fraction of sp³-hybridized carbons (Fsp3) is 0.714. The molecule has 0 aromatic carbocycles. The first-order chi connectivity index (χ1) is 9.24. The predicted molar refractivity (Wildman–Crippen MR) is 77.5 cm³/mol. The molecule has 2 N–H and O–H groups in total. The maximum atomic E-state index is 6.04. The van der Waals surface area contributed by atoms with E-state index < -0.39 is 0 Å². The molecule has 104 valence electrons. The van der Waals surface area contributed by atoms with Crippen LogP contribution in [0.4, 0.5) is 11.6 Å². The van der Waals surface area contributed by atoms with E-state index in [2.05, 4.69) is 32.9 Å². The lowest BCUT2D eigenvalue weighted by molar-refractivity contribution is 0.399. The molecule has 3 rings (SSSR count). The van der Waals surface area contributed by atoms with Gasteiger partial charge in [-0.15, -0.1) is 0 Å². The van der Waals surface area contributed by atoms with Gasteiger partial charge in [-0.2, -0.15) is 0 Å². The van der Waals surface area contributed by atoms with Crippen molar-refractivity contribution in [2.75, 3.05) is 29.9 Å². The van der Waals surface area contributed by atoms with Gasteiger partial charge in [-0.05, 0) is 32.1 Å². The van der Waals surface area contributed by atoms with Crippen LogP contribution in [0, 0.1) is 0 Å². The summed E-state index contributed by atoms with van der Waals surface area (Å²) >= 11 is 0. The molecule has 1 saturated heterocycles. The smallest absolute Gasteiger partial charge is 0.134 e. The SMILES string of the molecule is CN(c1cc(N2CCCC(N)C2)ncn1)C1CCC1. The van der Waals surface area contributed by atoms with Gasteiger partial charge in [-0.25, -0.2) is 9.97 Å². The van der Waals surface area contributed by atoms with Crippen molar-refractivity contribution in [1.29, 1.82) is 0 Å². The topological polar surface area (TPSA) is 58.3 Å². The second-order valence-corrected chi connectivity index (χ2v) is 5.78. The van der Waals surface area contributed by atoms with Crippen molar-refractivity contribution in [2.24, 2.45) is 5.73 Å². The van der Waals surface area contributed by atoms with Crippen LogP contribution in [-0.4, -0.2) is 42.2 Å². The molecule has 1 aromatic heterocycles. The summed E-state index contributed by atoms with van der Waals surface area (Å²) in [4.78, 5) is 13.4. The molecule has 1 saturated carbocycles. The fourth-order valence-electron chi connectivity index (χ4n) is 2.88. The third-order valence-electron chi connectivity index (χ3n) is 4.40. The van der Waals surface area contributed by atoms with Gasteiger partial charge in [0.25, 0.3) is 0 Å². The van der Waals surface area contributed by atoms with Crippen LogP contribution >= 0.6 is 0 Å². The number of rotatable bonds is 3. The second kappa shape index (κ2) is 5.33. The number of hydrogen-bond acceptors (Lipinski definition) is 5. The first-order valence-electron chi connectivity index (χ1n) is 7.29. The third-order valence-corrected chi connectivity index (χ3v) is 4.40. The summed E-state index contributed by atoms with van der Waals surface area (Å²) in [5.41, 5.74) is 6.04. The highest BCUT2D eigenvalue weighted by Gasteiger charge is 2.24. The van der Waals surface area contributed by atoms with Gasteiger partial charge in [0, 0.05) is 38.3 Å². The van der Waals surface area contributed by atoms with Gasteiger partial charge in [0.15, 0.2) is 0 Å². The lowest BCUT2D eigenvalue weighted by Gasteiger charge is -2.36. The maximum absolute atomic E-state index is 6.04. The van der Waals surface area contributed by atoms with Crippen LogP contribution in [0.15, 0.2) is 12.4 Å². The van der Waals surface area contributed by atoms with Gasteiger partial charge < -0.3 is 15.5 Å². The standard InChI is InChI=1S/C14H23N5/c1-18(12-5-2-6-12)13-8-14(17-10-16-13)19-7-3-4-11(15)9-19/h8,10-12H,2-7,9,15H2,1H3. The monoisotopic (exact) mass is 261 g/mol. The molecule has 2 fully saturated rings. The quantitative estimate of drug-likeness (QED) is 0.891. The lowest BCUT2D eigenvalue weighted by Crippen LogP contribution is -2.43. The van der Waals surface area contributed by atoms with Gasteiger partial charge in [-0.1, -0.05) is 0 Å². The van der Waals surface area contributed by atoms with E-state index in [-0.39, 0.29) is 6.04 Å². The van der Waals surface area contributed by atoms with Gasteiger partial charge in [0.1, 0.15) is 18.0 Å². The largest absolute Gasteiger partial charge is 0.357 e. The summed E-state index contributed by atoms with van der Waals surface area (Å²) in [6.07, 6.45) is 7.86. The van der Waals surface area contributed by atoms with E-state index in [1.165, 1.54) is 19.3 Å². The minimum absolute atomic E-state index is 0.275. The molecule has 5 heteroatoms. The van der Waals surface area contributed by atoms with E-state index in [0.717, 1.165) is 37.6 Å². The Morgan fingerprint density at radius 2 is 2.11 bits per heavy atom. The number of aromatic nitrogens is 2. The zero-order valence-electron chi connectivity index (χ0n) is 11.6. The van der Waals surface area contributed by atoms with Crippen molar-refractivity contribution in [1.82, 2.24) is 9.97 Å². The number of piperidine rings is 1. The first kappa shape index (κ1) is 12.7. The molecule has 1 unspecified atom stereocenters. The highest BCUT2D eigenvalue weighted by atomic mass is 15.2. The van der Waals surface area contributed by atoms with Gasteiger partial charge in [0.05, 0.1) is 0 Å². The average molecular weight is 261 g/mol. The first-order valence-corrected chi connectivity index (χ1v) is 7.29. The summed E-state index contributed by atoms with van der Waals surface area (Å²) < 4.78 is 0. The van der Waals surface area contributed by atoms with Crippen molar-refractivity contribution in [3.63, 3.8) is 0 Å². The third kappa shape index (κ3) is 2.66. The number of nitrogens with zero attached hydrogens (tertiary/aromatic N) is 4. The van der Waals surface area contributed by atoms with E-state index in [4.69, 9.17) is 5.73 Å². The van der Waals surface area contributed by atoms with Crippen LogP contribution in [0.3, 0.4) is 0 Å². The van der Waals surface area contributed by atoms with Gasteiger partial charge in [0.2, 0.25) is 0 Å². The Morgan fingerprint density at radius 3 is 2.79 bits per heavy atom. The molecule has 2 heterocycles. The number of anilines is 2. The van der Waals surface area contributed by atoms with Crippen LogP contribution in [0.2, 0.25) is 0 Å². The summed E-state index contributed by atoms with van der Waals surface area (Å²) in [7, 11) is 2.14. The Morgan fingerprint density at radius 1 is 1.26 bits per heavy atom. The average Bonchev–Trinajstić information content (AvgIpc) is 2.37. The van der Waals surface area contributed by atoms with Crippen molar-refractivity contribution in [3.05, 3.63) is 12.4 Å². The van der Waals surface area contributed by atoms with Crippen LogP contribution in [0.5, 0.6) is 0 Å². The normalized spacial score (nSPS) is 24.1. The fourth-order valence-corrected chi connectivity index (χ4v) is 2.88. The van der Waals surface area contributed by atoms with Crippen LogP contribution in [0.1, 0.15) is 32.1 Å². The molecule has 0 bridgehead atoms. The summed E-state index contributed by atoms with van der Waals surface area (Å²) in [5.74, 6) is 2.06. The predicted octanol–water partition coefficient (Wildman–Crippen LogP) is 1.39. The zero-order chi connectivity index (χ0) is 13.2. The molecular formula is C14H23N5. The van der Waals surface area contributed by atoms with Gasteiger partial charge >= 0.3 is 0 Å². The summed E-state index contributed by atoms with van der Waals surface area (Å²) in [6.45, 7) is 1.96. The van der Waals surface area contributed by atoms with Crippen molar-refractivity contribution in [3.8, 4) is 0 Å². The summed E-state index contributed by atoms with van der Waals surface area (Å²) in [5, 5.41) is 0. The van der Waals surface area contributed by atoms with Gasteiger partial charge in [-0.3, -0.25) is 0 Å². The minimum Gasteiger partial charge on any atom is -0.357 e. The van der Waals surface area contributed by atoms with Crippen molar-refractivity contribution in [2.45, 2.75) is 44.2 Å². The zero-order valence-corrected chi connectivity index (χ0v) is 11.6. The van der Waals surface area contributed by atoms with E-state index in [1.54, 1.807) is 6.33 Å². The molecule has 0 radical (unpaired) electrons. The Balaban J connectivity index is 1.75. The Labute approximate surface area is 114 Å². The Hall–Kier alpha value is -1.36. The van der Waals surface area contributed by atoms with E-state index in [9.17, 15) is 0 Å². The van der Waals surface area contributed by atoms with Crippen molar-refractivity contribution >= 4 is 11.6 Å². The Bertz CT molecular complexity index is 432. The highest BCUT2D eigenvalue weighted by Crippen LogP contribution is 2.28. The highest BCUT2D eigenvalue weighted by molar-refractivity contribution is 5.50. The number of hydrogen-bond donors (Lipinski definition) is 1. The second-order valence-electron chi connectivity index (χ2n) is 5.78. The lowest BCUT2D eigenvalue weighted by atomic mass is 9.92. The van der Waals surface area contributed by atoms with Crippen LogP contribution < -0.4 is 15.5 Å². The molecule has 1 aliphatic heterocycles. The molecular weight excluding hydrogens is 238 g/mol. The number of nitrogens with two attached hydrogens (primary N) is 1.